The Bertz CT molecular complexity index is 881. The molecule has 24 heavy (non-hydrogen) atoms. The van der Waals surface area contributed by atoms with Crippen molar-refractivity contribution in [3.05, 3.63) is 23.6 Å². The predicted molar refractivity (Wildman–Crippen MR) is 85.1 cm³/mol. The number of nitrogens with zero attached hydrogens (tertiary/aromatic N) is 1. The number of fused-ring (bicyclic) bond motifs is 4. The molecule has 0 N–H and O–H groups in total. The summed E-state index contributed by atoms with van der Waals surface area (Å²) in [5.74, 6) is 0.0518. The van der Waals surface area contributed by atoms with Gasteiger partial charge in [-0.15, -0.1) is 0 Å². The van der Waals surface area contributed by atoms with Crippen molar-refractivity contribution in [2.45, 2.75) is 32.3 Å². The topological polar surface area (TPSA) is 78.6 Å². The average molecular weight is 329 g/mol. The Morgan fingerprint density at radius 1 is 1.29 bits per heavy atom. The molecule has 0 aromatic carbocycles. The summed E-state index contributed by atoms with van der Waals surface area (Å²) in [6.07, 6.45) is 2.07. The normalized spacial score (nSPS) is 28.1. The van der Waals surface area contributed by atoms with E-state index in [9.17, 15) is 9.59 Å². The van der Waals surface area contributed by atoms with Gasteiger partial charge in [0.1, 0.15) is 11.4 Å². The summed E-state index contributed by atoms with van der Waals surface area (Å²) in [4.78, 5) is 30.2. The number of hydrogen-bond acceptors (Lipinski definition) is 6. The zero-order chi connectivity index (χ0) is 17.3. The Hall–Kier alpha value is -2.21. The Labute approximate surface area is 139 Å². The zero-order valence-corrected chi connectivity index (χ0v) is 14.1. The van der Waals surface area contributed by atoms with Gasteiger partial charge in [0, 0.05) is 25.9 Å². The summed E-state index contributed by atoms with van der Waals surface area (Å²) in [6, 6.07) is 1.73. The van der Waals surface area contributed by atoms with Crippen LogP contribution in [0.25, 0.3) is 11.1 Å². The van der Waals surface area contributed by atoms with E-state index in [-0.39, 0.29) is 35.0 Å². The highest BCUT2D eigenvalue weighted by molar-refractivity contribution is 6.07. The van der Waals surface area contributed by atoms with Crippen LogP contribution in [-0.4, -0.2) is 30.8 Å². The summed E-state index contributed by atoms with van der Waals surface area (Å²) >= 11 is 0. The first kappa shape index (κ1) is 15.3. The molecule has 1 saturated carbocycles. The number of carbonyl (C=O) groups is 2. The van der Waals surface area contributed by atoms with Gasteiger partial charge in [0.2, 0.25) is 5.71 Å². The lowest BCUT2D eigenvalue weighted by Gasteiger charge is -2.41. The molecule has 2 aliphatic carbocycles. The molecule has 6 heteroatoms. The maximum Gasteiger partial charge on any atom is 0.230 e. The second-order valence-electron chi connectivity index (χ2n) is 7.22. The van der Waals surface area contributed by atoms with E-state index in [2.05, 4.69) is 4.98 Å². The largest absolute Gasteiger partial charge is 0.495 e. The smallest absolute Gasteiger partial charge is 0.230 e. The van der Waals surface area contributed by atoms with E-state index in [1.807, 2.05) is 13.8 Å². The van der Waals surface area contributed by atoms with Gasteiger partial charge in [-0.25, -0.2) is 4.98 Å². The van der Waals surface area contributed by atoms with E-state index in [4.69, 9.17) is 13.9 Å². The number of aromatic nitrogens is 1. The quantitative estimate of drug-likeness (QED) is 0.843. The zero-order valence-electron chi connectivity index (χ0n) is 14.1. The molecule has 2 unspecified atom stereocenters. The molecule has 0 amide bonds. The Morgan fingerprint density at radius 2 is 2.04 bits per heavy atom. The van der Waals surface area contributed by atoms with Crippen molar-refractivity contribution >= 4 is 22.7 Å². The number of ether oxygens (including phenoxy) is 2. The summed E-state index contributed by atoms with van der Waals surface area (Å²) < 4.78 is 16.8. The molecule has 2 atom stereocenters. The van der Waals surface area contributed by atoms with E-state index in [0.29, 0.717) is 28.8 Å². The van der Waals surface area contributed by atoms with Crippen LogP contribution in [0.15, 0.2) is 16.7 Å². The number of Topliss-reactive ketones (excluding diaryl/α,β-unsaturated/α-hetero) is 2. The molecule has 2 aromatic rings. The van der Waals surface area contributed by atoms with Crippen LogP contribution in [0, 0.1) is 11.3 Å². The van der Waals surface area contributed by atoms with Crippen LogP contribution in [0.4, 0.5) is 0 Å². The van der Waals surface area contributed by atoms with E-state index < -0.39 is 5.60 Å². The fourth-order valence-electron chi connectivity index (χ4n) is 4.51. The number of ketones is 2. The van der Waals surface area contributed by atoms with E-state index in [1.165, 1.54) is 20.5 Å². The van der Waals surface area contributed by atoms with Gasteiger partial charge < -0.3 is 13.9 Å². The summed E-state index contributed by atoms with van der Waals surface area (Å²) in [5, 5.41) is 0.638. The minimum Gasteiger partial charge on any atom is -0.495 e. The highest BCUT2D eigenvalue weighted by atomic mass is 16.5. The molecular formula is C18H19NO5. The third-order valence-electron chi connectivity index (χ3n) is 5.58. The van der Waals surface area contributed by atoms with Gasteiger partial charge in [-0.2, -0.15) is 0 Å². The molecule has 0 bridgehead atoms. The van der Waals surface area contributed by atoms with E-state index in [1.54, 1.807) is 6.07 Å². The molecule has 0 radical (unpaired) electrons. The van der Waals surface area contributed by atoms with Crippen molar-refractivity contribution in [1.82, 2.24) is 4.98 Å². The second kappa shape index (κ2) is 4.66. The first-order valence-electron chi connectivity index (χ1n) is 7.94. The fraction of sp³-hybridized carbons (Fsp3) is 0.500. The number of pyridine rings is 1. The molecule has 0 spiro atoms. The maximum absolute atomic E-state index is 13.0. The molecule has 0 aliphatic heterocycles. The van der Waals surface area contributed by atoms with Gasteiger partial charge >= 0.3 is 0 Å². The second-order valence-corrected chi connectivity index (χ2v) is 7.22. The van der Waals surface area contributed by atoms with E-state index >= 15 is 0 Å². The predicted octanol–water partition coefficient (Wildman–Crippen LogP) is 2.88. The van der Waals surface area contributed by atoms with Crippen LogP contribution in [-0.2, 0) is 15.1 Å². The van der Waals surface area contributed by atoms with Gasteiger partial charge in [-0.05, 0) is 11.5 Å². The molecule has 0 saturated heterocycles. The lowest BCUT2D eigenvalue weighted by Crippen LogP contribution is -2.47. The van der Waals surface area contributed by atoms with Crippen molar-refractivity contribution < 1.29 is 23.5 Å². The van der Waals surface area contributed by atoms with Gasteiger partial charge in [0.15, 0.2) is 17.2 Å². The Kier molecular flexibility index (Phi) is 2.98. The number of carbonyl (C=O) groups excluding carboxylic acids is 2. The highest BCUT2D eigenvalue weighted by Gasteiger charge is 2.65. The summed E-state index contributed by atoms with van der Waals surface area (Å²) in [6.45, 7) is 4.01. The molecule has 4 rings (SSSR count). The average Bonchev–Trinajstić information content (AvgIpc) is 3.07. The number of hydrogen-bond donors (Lipinski definition) is 0. The molecule has 2 aliphatic rings. The van der Waals surface area contributed by atoms with Crippen LogP contribution < -0.4 is 4.74 Å². The summed E-state index contributed by atoms with van der Waals surface area (Å²) in [7, 11) is 3.04. The fourth-order valence-corrected chi connectivity index (χ4v) is 4.51. The third-order valence-corrected chi connectivity index (χ3v) is 5.58. The van der Waals surface area contributed by atoms with Crippen molar-refractivity contribution in [1.29, 1.82) is 0 Å². The molecule has 2 heterocycles. The maximum atomic E-state index is 13.0. The Balaban J connectivity index is 2.14. The van der Waals surface area contributed by atoms with Crippen LogP contribution >= 0.6 is 0 Å². The monoisotopic (exact) mass is 329 g/mol. The standard InChI is InChI=1S/C18H19NO5/c1-17(2)8-12(21)18(23-4)11(17)7-10(20)14-13(18)15(22-3)9-5-6-24-16(9)19-14/h5-6,11H,7-8H2,1-4H3. The van der Waals surface area contributed by atoms with Crippen LogP contribution in [0.2, 0.25) is 0 Å². The summed E-state index contributed by atoms with van der Waals surface area (Å²) in [5.41, 5.74) is -0.530. The van der Waals surface area contributed by atoms with E-state index in [0.717, 1.165) is 0 Å². The van der Waals surface area contributed by atoms with Crippen LogP contribution in [0.3, 0.4) is 0 Å². The molecule has 6 nitrogen and oxygen atoms in total. The van der Waals surface area contributed by atoms with Gasteiger partial charge in [0.05, 0.1) is 24.3 Å². The highest BCUT2D eigenvalue weighted by Crippen LogP contribution is 2.60. The van der Waals surface area contributed by atoms with Crippen molar-refractivity contribution in [3.8, 4) is 5.75 Å². The SMILES string of the molecule is COc1c2c(nc3occc13)C(=O)CC1C(C)(C)CC(=O)C21OC. The van der Waals surface area contributed by atoms with Gasteiger partial charge in [-0.1, -0.05) is 13.8 Å². The van der Waals surface area contributed by atoms with Gasteiger partial charge in [-0.3, -0.25) is 9.59 Å². The number of furan rings is 1. The first-order chi connectivity index (χ1) is 11.4. The van der Waals surface area contributed by atoms with Crippen molar-refractivity contribution in [2.24, 2.45) is 11.3 Å². The number of rotatable bonds is 2. The first-order valence-corrected chi connectivity index (χ1v) is 7.94. The lowest BCUT2D eigenvalue weighted by molar-refractivity contribution is -0.144. The minimum absolute atomic E-state index is 0.0308. The molecule has 2 aromatic heterocycles. The minimum atomic E-state index is -1.20. The third kappa shape index (κ3) is 1.61. The number of methoxy groups -OCH3 is 2. The molecular weight excluding hydrogens is 310 g/mol. The van der Waals surface area contributed by atoms with Gasteiger partial charge in [0.25, 0.3) is 0 Å². The lowest BCUT2D eigenvalue weighted by atomic mass is 9.67. The Morgan fingerprint density at radius 3 is 2.71 bits per heavy atom. The molecule has 126 valence electrons. The van der Waals surface area contributed by atoms with Crippen LogP contribution in [0.1, 0.15) is 42.7 Å². The molecule has 1 fully saturated rings. The van der Waals surface area contributed by atoms with Crippen molar-refractivity contribution in [2.75, 3.05) is 14.2 Å². The van der Waals surface area contributed by atoms with Crippen LogP contribution in [0.5, 0.6) is 5.75 Å². The van der Waals surface area contributed by atoms with Crippen molar-refractivity contribution in [3.63, 3.8) is 0 Å².